The van der Waals surface area contributed by atoms with E-state index in [9.17, 15) is 10.2 Å². The largest absolute Gasteiger partial charge is 0.502 e. The van der Waals surface area contributed by atoms with Gasteiger partial charge in [-0.25, -0.2) is 0 Å². The van der Waals surface area contributed by atoms with E-state index in [1.165, 1.54) is 0 Å². The lowest BCUT2D eigenvalue weighted by Crippen LogP contribution is -2.29. The number of thiocarbonyl (C=S) groups is 2. The summed E-state index contributed by atoms with van der Waals surface area (Å²) in [4.78, 5) is 0. The molecule has 0 aromatic heterocycles. The van der Waals surface area contributed by atoms with Gasteiger partial charge < -0.3 is 29.5 Å². The Morgan fingerprint density at radius 2 is 1.30 bits per heavy atom. The summed E-state index contributed by atoms with van der Waals surface area (Å²) in [5.74, 6) is 1.41. The lowest BCUT2D eigenvalue weighted by Gasteiger charge is -2.26. The second-order valence-corrected chi connectivity index (χ2v) is 9.38. The summed E-state index contributed by atoms with van der Waals surface area (Å²) in [6, 6.07) is 15.7. The lowest BCUT2D eigenvalue weighted by molar-refractivity contribution is 0.112. The highest BCUT2D eigenvalue weighted by Gasteiger charge is 2.23. The zero-order valence-electron chi connectivity index (χ0n) is 19.4. The molecule has 0 bridgehead atoms. The lowest BCUT2D eigenvalue weighted by atomic mass is 9.78. The van der Waals surface area contributed by atoms with Crippen molar-refractivity contribution in [3.8, 4) is 11.5 Å². The molecular weight excluding hydrogens is 460 g/mol. The van der Waals surface area contributed by atoms with Crippen molar-refractivity contribution in [3.63, 3.8) is 0 Å². The zero-order valence-corrected chi connectivity index (χ0v) is 21.0. The minimum atomic E-state index is -1.12. The average molecular weight is 493 g/mol. The monoisotopic (exact) mass is 492 g/mol. The van der Waals surface area contributed by atoms with Gasteiger partial charge in [-0.3, -0.25) is 0 Å². The molecule has 0 saturated heterocycles. The fraction of sp³-hybridized carbons (Fsp3) is 0.440. The molecule has 3 unspecified atom stereocenters. The van der Waals surface area contributed by atoms with Crippen LogP contribution in [-0.4, -0.2) is 56.9 Å². The molecule has 33 heavy (non-hydrogen) atoms. The fourth-order valence-electron chi connectivity index (χ4n) is 3.09. The first kappa shape index (κ1) is 27.0. The highest BCUT2D eigenvalue weighted by Crippen LogP contribution is 2.33. The Morgan fingerprint density at radius 1 is 0.848 bits per heavy atom. The van der Waals surface area contributed by atoms with Crippen LogP contribution >= 0.6 is 24.4 Å². The average Bonchev–Trinajstić information content (AvgIpc) is 2.76. The number of aliphatic hydroxyl groups excluding tert-OH is 3. The Balaban J connectivity index is 1.93. The van der Waals surface area contributed by atoms with E-state index in [0.717, 1.165) is 16.9 Å². The first-order valence-corrected chi connectivity index (χ1v) is 11.6. The van der Waals surface area contributed by atoms with Gasteiger partial charge in [-0.2, -0.15) is 0 Å². The van der Waals surface area contributed by atoms with Crippen LogP contribution in [0.5, 0.6) is 11.5 Å². The van der Waals surface area contributed by atoms with Crippen LogP contribution in [0.1, 0.15) is 45.2 Å². The van der Waals surface area contributed by atoms with Gasteiger partial charge >= 0.3 is 0 Å². The minimum Gasteiger partial charge on any atom is -0.502 e. The number of aliphatic hydroxyl groups is 3. The summed E-state index contributed by atoms with van der Waals surface area (Å²) >= 11 is 9.58. The topological polar surface area (TPSA) is 88.4 Å². The molecule has 3 atom stereocenters. The van der Waals surface area contributed by atoms with E-state index in [1.807, 2.05) is 48.5 Å². The summed E-state index contributed by atoms with van der Waals surface area (Å²) < 4.78 is 16.8. The molecule has 180 valence electrons. The number of hydrogen-bond donors (Lipinski definition) is 3. The highest BCUT2D eigenvalue weighted by atomic mass is 32.1. The Labute approximate surface area is 206 Å². The van der Waals surface area contributed by atoms with Gasteiger partial charge in [0.1, 0.15) is 36.9 Å². The van der Waals surface area contributed by atoms with Gasteiger partial charge in [-0.1, -0.05) is 38.1 Å². The molecular formula is C25H32O6S2. The zero-order chi connectivity index (χ0) is 24.6. The molecule has 2 rings (SSSR count). The number of ether oxygens (including phenoxy) is 3. The van der Waals surface area contributed by atoms with Gasteiger partial charge in [0.05, 0.1) is 6.10 Å². The van der Waals surface area contributed by atoms with Crippen molar-refractivity contribution in [1.29, 1.82) is 0 Å². The van der Waals surface area contributed by atoms with Gasteiger partial charge in [0.2, 0.25) is 0 Å². The molecule has 2 aromatic carbocycles. The molecule has 0 aliphatic heterocycles. The molecule has 0 amide bonds. The highest BCUT2D eigenvalue weighted by molar-refractivity contribution is 7.80. The second-order valence-electron chi connectivity index (χ2n) is 8.51. The molecule has 0 spiro atoms. The summed E-state index contributed by atoms with van der Waals surface area (Å²) in [6.45, 7) is 8.27. The normalized spacial score (nSPS) is 14.1. The van der Waals surface area contributed by atoms with Crippen molar-refractivity contribution >= 4 is 34.5 Å². The minimum absolute atomic E-state index is 0.0260. The predicted octanol–water partition coefficient (Wildman–Crippen LogP) is 4.52. The van der Waals surface area contributed by atoms with E-state index >= 15 is 0 Å². The van der Waals surface area contributed by atoms with Gasteiger partial charge in [0.25, 0.3) is 0 Å². The molecule has 0 saturated carbocycles. The Kier molecular flexibility index (Phi) is 10.0. The van der Waals surface area contributed by atoms with Crippen molar-refractivity contribution in [2.75, 3.05) is 13.2 Å². The number of rotatable bonds is 12. The standard InChI is InChI=1S/C25H32O6S2/c1-16(26)14-29-20-9-5-18(6-10-20)25(3,4)19-7-11-21(12-8-19)30-15-17(2)31-24(33)22(27)13-23(28)32/h5-12,16-17,22,26-27H,13-15H2,1-4H3,(H,28,32). The van der Waals surface area contributed by atoms with E-state index in [1.54, 1.807) is 13.8 Å². The van der Waals surface area contributed by atoms with E-state index in [0.29, 0.717) is 5.75 Å². The van der Waals surface area contributed by atoms with Crippen LogP contribution in [0.3, 0.4) is 0 Å². The third kappa shape index (κ3) is 8.55. The third-order valence-corrected chi connectivity index (χ3v) is 5.62. The number of hydrogen-bond acceptors (Lipinski definition) is 7. The maximum atomic E-state index is 9.82. The molecule has 0 heterocycles. The molecule has 0 fully saturated rings. The molecule has 0 aliphatic rings. The van der Waals surface area contributed by atoms with Crippen molar-refractivity contribution in [1.82, 2.24) is 0 Å². The van der Waals surface area contributed by atoms with Crippen LogP contribution in [0.15, 0.2) is 48.5 Å². The van der Waals surface area contributed by atoms with Crippen LogP contribution in [0.25, 0.3) is 0 Å². The van der Waals surface area contributed by atoms with E-state index < -0.39 is 12.2 Å². The van der Waals surface area contributed by atoms with Crippen LogP contribution in [0.2, 0.25) is 0 Å². The van der Waals surface area contributed by atoms with E-state index in [-0.39, 0.29) is 41.3 Å². The summed E-state index contributed by atoms with van der Waals surface area (Å²) in [7, 11) is 0. The van der Waals surface area contributed by atoms with Gasteiger partial charge in [-0.15, -0.1) is 0 Å². The first-order chi connectivity index (χ1) is 15.5. The summed E-state index contributed by atoms with van der Waals surface area (Å²) in [5, 5.41) is 27.9. The second kappa shape index (κ2) is 12.3. The van der Waals surface area contributed by atoms with Crippen molar-refractivity contribution in [2.45, 2.75) is 57.8 Å². The molecule has 0 radical (unpaired) electrons. The van der Waals surface area contributed by atoms with E-state index in [4.69, 9.17) is 31.5 Å². The third-order valence-electron chi connectivity index (χ3n) is 5.09. The van der Waals surface area contributed by atoms with Crippen molar-refractivity contribution in [3.05, 3.63) is 59.7 Å². The first-order valence-electron chi connectivity index (χ1n) is 10.7. The van der Waals surface area contributed by atoms with Crippen LogP contribution in [0, 0.1) is 0 Å². The maximum Gasteiger partial charge on any atom is 0.189 e. The van der Waals surface area contributed by atoms with Crippen LogP contribution in [-0.2, 0) is 10.2 Å². The summed E-state index contributed by atoms with van der Waals surface area (Å²) in [5.41, 5.74) is 2.03. The number of benzene rings is 2. The molecule has 8 heteroatoms. The Morgan fingerprint density at radius 3 is 1.73 bits per heavy atom. The predicted molar refractivity (Wildman–Crippen MR) is 137 cm³/mol. The molecule has 0 aliphatic carbocycles. The molecule has 6 nitrogen and oxygen atoms in total. The van der Waals surface area contributed by atoms with Gasteiger partial charge in [-0.05, 0) is 73.7 Å². The van der Waals surface area contributed by atoms with Crippen molar-refractivity contribution < 1.29 is 29.5 Å². The smallest absolute Gasteiger partial charge is 0.189 e. The quantitative estimate of drug-likeness (QED) is 0.373. The van der Waals surface area contributed by atoms with Crippen LogP contribution in [0.4, 0.5) is 0 Å². The Hall–Kier alpha value is -2.26. The fourth-order valence-corrected chi connectivity index (χ4v) is 3.50. The Bertz CT molecular complexity index is 909. The molecule has 3 N–H and O–H groups in total. The summed E-state index contributed by atoms with van der Waals surface area (Å²) in [6.07, 6.45) is -2.15. The van der Waals surface area contributed by atoms with E-state index in [2.05, 4.69) is 26.1 Å². The van der Waals surface area contributed by atoms with Crippen molar-refractivity contribution in [2.24, 2.45) is 0 Å². The molecule has 2 aromatic rings. The van der Waals surface area contributed by atoms with Crippen LogP contribution < -0.4 is 9.47 Å². The van der Waals surface area contributed by atoms with Gasteiger partial charge in [0.15, 0.2) is 10.1 Å². The SMILES string of the molecule is CC(O)COc1ccc(C(C)(C)c2ccc(OCC(C)OC(=S)C(O)CC(O)=S)cc2)cc1. The van der Waals surface area contributed by atoms with Gasteiger partial charge in [0, 0.05) is 11.8 Å². The maximum absolute atomic E-state index is 9.82.